The number of hydrogen-bond acceptors (Lipinski definition) is 3. The molecular weight excluding hydrogens is 170 g/mol. The van der Waals surface area contributed by atoms with Crippen molar-refractivity contribution < 1.29 is 9.90 Å². The van der Waals surface area contributed by atoms with Crippen LogP contribution in [0.3, 0.4) is 0 Å². The summed E-state index contributed by atoms with van der Waals surface area (Å²) in [6.07, 6.45) is 1.91. The third-order valence-electron chi connectivity index (χ3n) is 2.53. The number of nitrogens with zero attached hydrogens (tertiary/aromatic N) is 1. The maximum absolute atomic E-state index is 10.7. The molecule has 0 radical (unpaired) electrons. The third-order valence-corrected chi connectivity index (χ3v) is 2.53. The van der Waals surface area contributed by atoms with Crippen molar-refractivity contribution in [3.63, 3.8) is 0 Å². The van der Waals surface area contributed by atoms with Gasteiger partial charge in [-0.25, -0.2) is 0 Å². The number of carboxylic acid groups (broad SMARTS) is 1. The predicted octanol–water partition coefficient (Wildman–Crippen LogP) is 0.181. The van der Waals surface area contributed by atoms with Crippen LogP contribution in [0.25, 0.3) is 0 Å². The van der Waals surface area contributed by atoms with E-state index >= 15 is 0 Å². The Hall–Kier alpha value is -1.52. The van der Waals surface area contributed by atoms with E-state index in [0.717, 1.165) is 17.7 Å². The summed E-state index contributed by atoms with van der Waals surface area (Å²) in [5.74, 6) is -0.598. The Kier molecular flexibility index (Phi) is 1.72. The molecule has 0 amide bonds. The maximum atomic E-state index is 10.7. The van der Waals surface area contributed by atoms with E-state index in [1.807, 2.05) is 0 Å². The van der Waals surface area contributed by atoms with Crippen molar-refractivity contribution in [2.75, 3.05) is 5.73 Å². The minimum atomic E-state index is -0.744. The van der Waals surface area contributed by atoms with Gasteiger partial charge in [-0.05, 0) is 19.3 Å². The van der Waals surface area contributed by atoms with Crippen molar-refractivity contribution >= 4 is 11.8 Å². The van der Waals surface area contributed by atoms with Gasteiger partial charge in [0.25, 0.3) is 0 Å². The number of aromatic nitrogens is 2. The molecule has 0 aliphatic heterocycles. The summed E-state index contributed by atoms with van der Waals surface area (Å²) in [5, 5.41) is 15.5. The Morgan fingerprint density at radius 3 is 3.15 bits per heavy atom. The van der Waals surface area contributed by atoms with Crippen molar-refractivity contribution in [3.05, 3.63) is 11.3 Å². The lowest BCUT2D eigenvalue weighted by Gasteiger charge is -2.17. The molecule has 0 spiro atoms. The monoisotopic (exact) mass is 181 g/mol. The second-order valence-electron chi connectivity index (χ2n) is 3.34. The first kappa shape index (κ1) is 8.10. The van der Waals surface area contributed by atoms with Gasteiger partial charge in [0.15, 0.2) is 0 Å². The number of H-pyrrole nitrogens is 1. The molecule has 0 aromatic carbocycles. The first-order chi connectivity index (χ1) is 6.18. The zero-order valence-electron chi connectivity index (χ0n) is 7.08. The smallest absolute Gasteiger partial charge is 0.306 e. The zero-order valence-corrected chi connectivity index (χ0v) is 7.08. The molecule has 4 N–H and O–H groups in total. The molecule has 2 rings (SSSR count). The van der Waals surface area contributed by atoms with Gasteiger partial charge in [-0.1, -0.05) is 0 Å². The topological polar surface area (TPSA) is 92.0 Å². The van der Waals surface area contributed by atoms with E-state index in [1.54, 1.807) is 0 Å². The summed E-state index contributed by atoms with van der Waals surface area (Å²) in [4.78, 5) is 10.7. The van der Waals surface area contributed by atoms with E-state index in [9.17, 15) is 4.79 Å². The predicted molar refractivity (Wildman–Crippen MR) is 46.2 cm³/mol. The van der Waals surface area contributed by atoms with Crippen LogP contribution in [0.1, 0.15) is 17.7 Å². The quantitative estimate of drug-likeness (QED) is 0.576. The summed E-state index contributed by atoms with van der Waals surface area (Å²) in [6, 6.07) is 0. The Bertz CT molecular complexity index is 345. The molecule has 1 aromatic heterocycles. The lowest BCUT2D eigenvalue weighted by molar-refractivity contribution is -0.142. The minimum Gasteiger partial charge on any atom is -0.481 e. The molecular formula is C8H11N3O2. The second-order valence-corrected chi connectivity index (χ2v) is 3.34. The summed E-state index contributed by atoms with van der Waals surface area (Å²) in [7, 11) is 0. The molecule has 0 fully saturated rings. The fourth-order valence-corrected chi connectivity index (χ4v) is 1.73. The normalized spacial score (nSPS) is 21.1. The van der Waals surface area contributed by atoms with Crippen molar-refractivity contribution in [1.29, 1.82) is 0 Å². The number of carbonyl (C=O) groups is 1. The van der Waals surface area contributed by atoms with Crippen molar-refractivity contribution in [3.8, 4) is 0 Å². The maximum Gasteiger partial charge on any atom is 0.306 e. The second kappa shape index (κ2) is 2.76. The van der Waals surface area contributed by atoms with Crippen molar-refractivity contribution in [1.82, 2.24) is 10.2 Å². The standard InChI is InChI=1S/C8H11N3O2/c9-7-5-3-4(8(12)13)1-2-6(5)10-11-7/h4H,1-3H2,(H,12,13)(H3,9,10,11). The molecule has 1 aliphatic carbocycles. The summed E-state index contributed by atoms with van der Waals surface area (Å²) >= 11 is 0. The van der Waals surface area contributed by atoms with Gasteiger partial charge in [-0.15, -0.1) is 0 Å². The highest BCUT2D eigenvalue weighted by Crippen LogP contribution is 2.27. The van der Waals surface area contributed by atoms with E-state index in [-0.39, 0.29) is 5.92 Å². The lowest BCUT2D eigenvalue weighted by atomic mass is 9.87. The van der Waals surface area contributed by atoms with Gasteiger partial charge in [-0.2, -0.15) is 5.10 Å². The highest BCUT2D eigenvalue weighted by atomic mass is 16.4. The number of aliphatic carboxylic acids is 1. The number of aromatic amines is 1. The summed E-state index contributed by atoms with van der Waals surface area (Å²) in [5.41, 5.74) is 7.47. The Morgan fingerprint density at radius 1 is 1.69 bits per heavy atom. The van der Waals surface area contributed by atoms with Crippen LogP contribution >= 0.6 is 0 Å². The van der Waals surface area contributed by atoms with Gasteiger partial charge >= 0.3 is 5.97 Å². The first-order valence-electron chi connectivity index (χ1n) is 4.23. The molecule has 5 nitrogen and oxygen atoms in total. The molecule has 70 valence electrons. The Morgan fingerprint density at radius 2 is 2.46 bits per heavy atom. The fraction of sp³-hybridized carbons (Fsp3) is 0.500. The number of carboxylic acids is 1. The molecule has 13 heavy (non-hydrogen) atoms. The van der Waals surface area contributed by atoms with E-state index in [2.05, 4.69) is 10.2 Å². The number of rotatable bonds is 1. The van der Waals surface area contributed by atoms with Crippen molar-refractivity contribution in [2.24, 2.45) is 5.92 Å². The molecule has 1 unspecified atom stereocenters. The molecule has 0 bridgehead atoms. The molecule has 5 heteroatoms. The van der Waals surface area contributed by atoms with Crippen LogP contribution in [0.2, 0.25) is 0 Å². The number of aryl methyl sites for hydroxylation is 1. The molecule has 1 atom stereocenters. The van der Waals surface area contributed by atoms with Gasteiger partial charge < -0.3 is 10.8 Å². The lowest BCUT2D eigenvalue weighted by Crippen LogP contribution is -2.22. The molecule has 0 saturated heterocycles. The van der Waals surface area contributed by atoms with Gasteiger partial charge in [-0.3, -0.25) is 9.89 Å². The number of hydrogen-bond donors (Lipinski definition) is 3. The number of fused-ring (bicyclic) bond motifs is 1. The van der Waals surface area contributed by atoms with E-state index in [4.69, 9.17) is 10.8 Å². The van der Waals surface area contributed by atoms with Gasteiger partial charge in [0.1, 0.15) is 5.82 Å². The third kappa shape index (κ3) is 1.26. The number of anilines is 1. The fourth-order valence-electron chi connectivity index (χ4n) is 1.73. The molecule has 1 aromatic rings. The van der Waals surface area contributed by atoms with Gasteiger partial charge in [0, 0.05) is 11.3 Å². The Balaban J connectivity index is 2.27. The van der Waals surface area contributed by atoms with Crippen LogP contribution in [-0.4, -0.2) is 21.3 Å². The van der Waals surface area contributed by atoms with Crippen molar-refractivity contribution in [2.45, 2.75) is 19.3 Å². The largest absolute Gasteiger partial charge is 0.481 e. The van der Waals surface area contributed by atoms with Crippen LogP contribution in [0, 0.1) is 5.92 Å². The summed E-state index contributed by atoms with van der Waals surface area (Å²) < 4.78 is 0. The average molecular weight is 181 g/mol. The van der Waals surface area contributed by atoms with Crippen LogP contribution in [0.5, 0.6) is 0 Å². The highest BCUT2D eigenvalue weighted by Gasteiger charge is 2.27. The van der Waals surface area contributed by atoms with Crippen LogP contribution in [0.4, 0.5) is 5.82 Å². The highest BCUT2D eigenvalue weighted by molar-refractivity contribution is 5.71. The van der Waals surface area contributed by atoms with E-state index in [0.29, 0.717) is 18.7 Å². The Labute approximate surface area is 74.9 Å². The minimum absolute atomic E-state index is 0.299. The molecule has 1 aliphatic rings. The van der Waals surface area contributed by atoms with Gasteiger partial charge in [0.2, 0.25) is 0 Å². The van der Waals surface area contributed by atoms with Crippen LogP contribution in [-0.2, 0) is 17.6 Å². The SMILES string of the molecule is Nc1n[nH]c2c1CC(C(=O)O)CC2. The van der Waals surface area contributed by atoms with E-state index in [1.165, 1.54) is 0 Å². The summed E-state index contributed by atoms with van der Waals surface area (Å²) in [6.45, 7) is 0. The number of nitrogens with one attached hydrogen (secondary N) is 1. The molecule has 0 saturated carbocycles. The number of nitrogen functional groups attached to an aromatic ring is 1. The number of nitrogens with two attached hydrogens (primary N) is 1. The van der Waals surface area contributed by atoms with Gasteiger partial charge in [0.05, 0.1) is 5.92 Å². The zero-order chi connectivity index (χ0) is 9.42. The first-order valence-corrected chi connectivity index (χ1v) is 4.23. The molecule has 1 heterocycles. The average Bonchev–Trinajstić information content (AvgIpc) is 2.47. The van der Waals surface area contributed by atoms with E-state index < -0.39 is 5.97 Å². The van der Waals surface area contributed by atoms with Crippen LogP contribution in [0.15, 0.2) is 0 Å². The van der Waals surface area contributed by atoms with Crippen LogP contribution < -0.4 is 5.73 Å².